The summed E-state index contributed by atoms with van der Waals surface area (Å²) in [5.41, 5.74) is 1.37. The molecule has 102 valence electrons. The number of benzene rings is 1. The summed E-state index contributed by atoms with van der Waals surface area (Å²) in [6.45, 7) is 2.10. The quantitative estimate of drug-likeness (QED) is 0.904. The molecule has 3 atom stereocenters. The Balaban J connectivity index is 1.64. The second kappa shape index (κ2) is 5.33. The predicted octanol–water partition coefficient (Wildman–Crippen LogP) is 2.76. The molecule has 0 spiro atoms. The van der Waals surface area contributed by atoms with Crippen LogP contribution in [-0.4, -0.2) is 28.6 Å². The van der Waals surface area contributed by atoms with Gasteiger partial charge in [0.05, 0.1) is 0 Å². The van der Waals surface area contributed by atoms with Crippen molar-refractivity contribution in [2.75, 3.05) is 6.54 Å². The Morgan fingerprint density at radius 2 is 2.05 bits per heavy atom. The smallest absolute Gasteiger partial charge is 0.303 e. The standard InChI is InChI=1S/C16H21NO2/c18-16(19)9-14-8-15-7-6-13(14)11-17(15)10-12-4-2-1-3-5-12/h1-5,13-15H,6-11H2,(H,18,19). The number of aliphatic carboxylic acids is 1. The first-order valence-corrected chi connectivity index (χ1v) is 7.22. The maximum absolute atomic E-state index is 10.9. The molecular formula is C16H21NO2. The van der Waals surface area contributed by atoms with E-state index in [1.165, 1.54) is 18.4 Å². The fourth-order valence-corrected chi connectivity index (χ4v) is 3.81. The molecule has 1 aromatic rings. The van der Waals surface area contributed by atoms with Crippen LogP contribution in [0, 0.1) is 11.8 Å². The number of carboxylic acids is 1. The predicted molar refractivity (Wildman–Crippen MR) is 73.7 cm³/mol. The monoisotopic (exact) mass is 259 g/mol. The van der Waals surface area contributed by atoms with Crippen LogP contribution in [0.25, 0.3) is 0 Å². The molecule has 2 bridgehead atoms. The molecule has 3 aliphatic rings. The fourth-order valence-electron chi connectivity index (χ4n) is 3.81. The van der Waals surface area contributed by atoms with Crippen molar-refractivity contribution in [3.05, 3.63) is 35.9 Å². The van der Waals surface area contributed by atoms with Crippen molar-refractivity contribution in [1.29, 1.82) is 0 Å². The van der Waals surface area contributed by atoms with E-state index in [-0.39, 0.29) is 0 Å². The van der Waals surface area contributed by atoms with E-state index in [2.05, 4.69) is 35.2 Å². The first-order chi connectivity index (χ1) is 9.22. The zero-order valence-corrected chi connectivity index (χ0v) is 11.2. The van der Waals surface area contributed by atoms with Crippen molar-refractivity contribution in [2.45, 2.75) is 38.3 Å². The molecule has 0 radical (unpaired) electrons. The number of hydrogen-bond donors (Lipinski definition) is 1. The van der Waals surface area contributed by atoms with Crippen LogP contribution in [0.1, 0.15) is 31.2 Å². The van der Waals surface area contributed by atoms with Crippen LogP contribution in [0.3, 0.4) is 0 Å². The molecule has 19 heavy (non-hydrogen) atoms. The molecule has 3 heteroatoms. The SMILES string of the molecule is O=C(O)CC1CC2CCC1CN2Cc1ccccc1. The van der Waals surface area contributed by atoms with Crippen molar-refractivity contribution in [3.8, 4) is 0 Å². The van der Waals surface area contributed by atoms with Crippen molar-refractivity contribution in [1.82, 2.24) is 4.90 Å². The minimum Gasteiger partial charge on any atom is -0.481 e. The van der Waals surface area contributed by atoms with E-state index in [1.54, 1.807) is 0 Å². The highest BCUT2D eigenvalue weighted by Gasteiger charge is 2.40. The van der Waals surface area contributed by atoms with Crippen LogP contribution in [0.4, 0.5) is 0 Å². The van der Waals surface area contributed by atoms with E-state index in [9.17, 15) is 4.79 Å². The molecule has 3 nitrogen and oxygen atoms in total. The van der Waals surface area contributed by atoms with E-state index < -0.39 is 5.97 Å². The third kappa shape index (κ3) is 2.81. The van der Waals surface area contributed by atoms with Gasteiger partial charge in [-0.05, 0) is 36.7 Å². The van der Waals surface area contributed by atoms with Crippen LogP contribution in [-0.2, 0) is 11.3 Å². The zero-order valence-electron chi connectivity index (χ0n) is 11.2. The molecule has 1 N–H and O–H groups in total. The van der Waals surface area contributed by atoms with Gasteiger partial charge in [-0.3, -0.25) is 9.69 Å². The number of nitrogens with zero attached hydrogens (tertiary/aromatic N) is 1. The summed E-state index contributed by atoms with van der Waals surface area (Å²) in [5, 5.41) is 8.98. The second-order valence-corrected chi connectivity index (χ2v) is 6.00. The molecule has 1 saturated carbocycles. The molecule has 4 rings (SSSR count). The van der Waals surface area contributed by atoms with Gasteiger partial charge < -0.3 is 5.11 Å². The molecule has 1 aromatic carbocycles. The van der Waals surface area contributed by atoms with E-state index in [4.69, 9.17) is 5.11 Å². The van der Waals surface area contributed by atoms with Gasteiger partial charge in [0.25, 0.3) is 0 Å². The van der Waals surface area contributed by atoms with E-state index in [0.717, 1.165) is 19.5 Å². The maximum Gasteiger partial charge on any atom is 0.303 e. The number of carbonyl (C=O) groups is 1. The number of piperidine rings is 2. The fraction of sp³-hybridized carbons (Fsp3) is 0.562. The molecule has 0 aromatic heterocycles. The van der Waals surface area contributed by atoms with Gasteiger partial charge in [-0.15, -0.1) is 0 Å². The van der Waals surface area contributed by atoms with E-state index in [1.807, 2.05) is 0 Å². The summed E-state index contributed by atoms with van der Waals surface area (Å²) in [7, 11) is 0. The van der Waals surface area contributed by atoms with Gasteiger partial charge in [-0.2, -0.15) is 0 Å². The highest BCUT2D eigenvalue weighted by atomic mass is 16.4. The van der Waals surface area contributed by atoms with Gasteiger partial charge in [0.2, 0.25) is 0 Å². The molecule has 2 aliphatic heterocycles. The Morgan fingerprint density at radius 1 is 1.26 bits per heavy atom. The highest BCUT2D eigenvalue weighted by molar-refractivity contribution is 5.67. The lowest BCUT2D eigenvalue weighted by atomic mass is 9.70. The number of hydrogen-bond acceptors (Lipinski definition) is 2. The van der Waals surface area contributed by atoms with Gasteiger partial charge in [0.1, 0.15) is 0 Å². The number of rotatable bonds is 4. The van der Waals surface area contributed by atoms with Crippen molar-refractivity contribution >= 4 is 5.97 Å². The molecule has 0 amide bonds. The Morgan fingerprint density at radius 3 is 2.68 bits per heavy atom. The molecule has 1 aliphatic carbocycles. The van der Waals surface area contributed by atoms with Gasteiger partial charge in [0.15, 0.2) is 0 Å². The van der Waals surface area contributed by atoms with Crippen LogP contribution in [0.5, 0.6) is 0 Å². The molecule has 3 unspecified atom stereocenters. The van der Waals surface area contributed by atoms with Crippen molar-refractivity contribution in [3.63, 3.8) is 0 Å². The van der Waals surface area contributed by atoms with Crippen LogP contribution >= 0.6 is 0 Å². The first kappa shape index (κ1) is 12.7. The summed E-state index contributed by atoms with van der Waals surface area (Å²) in [6, 6.07) is 11.2. The van der Waals surface area contributed by atoms with Gasteiger partial charge in [-0.1, -0.05) is 30.3 Å². The summed E-state index contributed by atoms with van der Waals surface area (Å²) in [6.07, 6.45) is 3.89. The highest BCUT2D eigenvalue weighted by Crippen LogP contribution is 2.41. The maximum atomic E-state index is 10.9. The summed E-state index contributed by atoms with van der Waals surface area (Å²) < 4.78 is 0. The zero-order chi connectivity index (χ0) is 13.2. The van der Waals surface area contributed by atoms with Crippen LogP contribution < -0.4 is 0 Å². The van der Waals surface area contributed by atoms with Gasteiger partial charge in [0, 0.05) is 25.6 Å². The average molecular weight is 259 g/mol. The average Bonchev–Trinajstić information content (AvgIpc) is 2.41. The third-order valence-electron chi connectivity index (χ3n) is 4.76. The third-order valence-corrected chi connectivity index (χ3v) is 4.76. The Kier molecular flexibility index (Phi) is 3.56. The topological polar surface area (TPSA) is 40.5 Å². The van der Waals surface area contributed by atoms with Crippen LogP contribution in [0.2, 0.25) is 0 Å². The van der Waals surface area contributed by atoms with Gasteiger partial charge >= 0.3 is 5.97 Å². The lowest BCUT2D eigenvalue weighted by molar-refractivity contribution is -0.140. The second-order valence-electron chi connectivity index (χ2n) is 6.00. The largest absolute Gasteiger partial charge is 0.481 e. The first-order valence-electron chi connectivity index (χ1n) is 7.22. The van der Waals surface area contributed by atoms with E-state index >= 15 is 0 Å². The Bertz CT molecular complexity index is 445. The lowest BCUT2D eigenvalue weighted by Crippen LogP contribution is -2.51. The molecular weight excluding hydrogens is 238 g/mol. The van der Waals surface area contributed by atoms with Gasteiger partial charge in [-0.25, -0.2) is 0 Å². The van der Waals surface area contributed by atoms with E-state index in [0.29, 0.717) is 24.3 Å². The minimum atomic E-state index is -0.632. The summed E-state index contributed by atoms with van der Waals surface area (Å²) in [4.78, 5) is 13.5. The molecule has 2 saturated heterocycles. The number of carboxylic acid groups (broad SMARTS) is 1. The minimum absolute atomic E-state index is 0.361. The molecule has 3 fully saturated rings. The number of fused-ring (bicyclic) bond motifs is 3. The van der Waals surface area contributed by atoms with Crippen LogP contribution in [0.15, 0.2) is 30.3 Å². The summed E-state index contributed by atoms with van der Waals surface area (Å²) in [5.74, 6) is 0.361. The summed E-state index contributed by atoms with van der Waals surface area (Å²) >= 11 is 0. The normalized spacial score (nSPS) is 30.4. The Hall–Kier alpha value is -1.35. The van der Waals surface area contributed by atoms with Crippen molar-refractivity contribution < 1.29 is 9.90 Å². The Labute approximate surface area is 114 Å². The lowest BCUT2D eigenvalue weighted by Gasteiger charge is -2.49. The molecule has 2 heterocycles. The van der Waals surface area contributed by atoms with Crippen molar-refractivity contribution in [2.24, 2.45) is 11.8 Å².